The second kappa shape index (κ2) is 8.44. The van der Waals surface area contributed by atoms with E-state index in [9.17, 15) is 0 Å². The molecule has 0 saturated carbocycles. The summed E-state index contributed by atoms with van der Waals surface area (Å²) in [4.78, 5) is 0. The second-order valence-corrected chi connectivity index (χ2v) is 4.48. The van der Waals surface area contributed by atoms with E-state index >= 15 is 0 Å². The van der Waals surface area contributed by atoms with Gasteiger partial charge >= 0.3 is 0 Å². The van der Waals surface area contributed by atoms with E-state index in [-0.39, 0.29) is 16.0 Å². The molecule has 0 heterocycles. The fourth-order valence-electron chi connectivity index (χ4n) is 1.06. The van der Waals surface area contributed by atoms with Crippen molar-refractivity contribution in [2.45, 2.75) is 20.1 Å². The average Bonchev–Trinajstić information content (AvgIpc) is 2.19. The number of methoxy groups -OCH3 is 2. The summed E-state index contributed by atoms with van der Waals surface area (Å²) in [6.45, 7) is 6.65. The maximum atomic E-state index is 5.04. The molecule has 0 aliphatic rings. The van der Waals surface area contributed by atoms with Crippen molar-refractivity contribution in [3.05, 3.63) is 11.8 Å². The van der Waals surface area contributed by atoms with Gasteiger partial charge in [-0.3, -0.25) is 0 Å². The monoisotopic (exact) mass is 203 g/mol. The molecule has 13 heavy (non-hydrogen) atoms. The van der Waals surface area contributed by atoms with Crippen molar-refractivity contribution < 1.29 is 9.47 Å². The van der Waals surface area contributed by atoms with Gasteiger partial charge in [0.2, 0.25) is 0 Å². The third-order valence-electron chi connectivity index (χ3n) is 2.02. The molecular formula is C9H21NO2Si. The molecule has 0 unspecified atom stereocenters. The van der Waals surface area contributed by atoms with Gasteiger partial charge in [0.1, 0.15) is 9.68 Å². The maximum Gasteiger partial charge on any atom is 0.175 e. The summed E-state index contributed by atoms with van der Waals surface area (Å²) in [5, 5.41) is 0. The second-order valence-electron chi connectivity index (χ2n) is 2.75. The molecule has 3 nitrogen and oxygen atoms in total. The van der Waals surface area contributed by atoms with Gasteiger partial charge in [-0.05, 0) is 19.2 Å². The summed E-state index contributed by atoms with van der Waals surface area (Å²) in [7, 11) is 3.06. The van der Waals surface area contributed by atoms with Crippen molar-refractivity contribution in [3.63, 3.8) is 0 Å². The Morgan fingerprint density at radius 2 is 1.77 bits per heavy atom. The van der Waals surface area contributed by atoms with Crippen molar-refractivity contribution >= 4 is 9.68 Å². The zero-order valence-corrected chi connectivity index (χ0v) is 10.5. The van der Waals surface area contributed by atoms with E-state index in [0.29, 0.717) is 0 Å². The van der Waals surface area contributed by atoms with Crippen LogP contribution in [0.1, 0.15) is 13.8 Å². The van der Waals surface area contributed by atoms with Crippen molar-refractivity contribution in [2.24, 2.45) is 0 Å². The van der Waals surface area contributed by atoms with E-state index in [2.05, 4.69) is 24.1 Å². The van der Waals surface area contributed by atoms with Gasteiger partial charge in [0.25, 0.3) is 0 Å². The van der Waals surface area contributed by atoms with Crippen LogP contribution in [0.4, 0.5) is 0 Å². The molecule has 0 aliphatic carbocycles. The zero-order chi connectivity index (χ0) is 10.1. The molecule has 0 N–H and O–H groups in total. The van der Waals surface area contributed by atoms with Crippen LogP contribution in [0.5, 0.6) is 0 Å². The van der Waals surface area contributed by atoms with E-state index in [4.69, 9.17) is 9.47 Å². The van der Waals surface area contributed by atoms with Gasteiger partial charge < -0.3 is 14.0 Å². The molecule has 0 spiro atoms. The van der Waals surface area contributed by atoms with E-state index in [1.54, 1.807) is 14.2 Å². The van der Waals surface area contributed by atoms with E-state index in [0.717, 1.165) is 13.1 Å². The molecule has 0 atom stereocenters. The first-order valence-corrected chi connectivity index (χ1v) is 6.17. The molecule has 0 aromatic heterocycles. The highest BCUT2D eigenvalue weighted by atomic mass is 28.2. The van der Waals surface area contributed by atoms with Crippen molar-refractivity contribution in [2.75, 3.05) is 27.3 Å². The molecular weight excluding hydrogens is 182 g/mol. The fourth-order valence-corrected chi connectivity index (χ4v) is 2.21. The molecule has 0 aliphatic heterocycles. The van der Waals surface area contributed by atoms with Gasteiger partial charge in [0.05, 0.1) is 0 Å². The zero-order valence-electron chi connectivity index (χ0n) is 9.12. The Balaban J connectivity index is 3.70. The summed E-state index contributed by atoms with van der Waals surface area (Å²) in [5.74, 6) is 0. The highest BCUT2D eigenvalue weighted by Crippen LogP contribution is 1.93. The minimum Gasteiger partial charge on any atom is -0.352 e. The third kappa shape index (κ3) is 5.98. The Morgan fingerprint density at radius 1 is 1.23 bits per heavy atom. The van der Waals surface area contributed by atoms with Crippen LogP contribution in [0.2, 0.25) is 0 Å². The highest BCUT2D eigenvalue weighted by molar-refractivity contribution is 6.38. The van der Waals surface area contributed by atoms with Gasteiger partial charge in [-0.15, -0.1) is 0 Å². The smallest absolute Gasteiger partial charge is 0.175 e. The molecule has 0 bridgehead atoms. The van der Waals surface area contributed by atoms with Crippen LogP contribution in [-0.4, -0.2) is 47.8 Å². The minimum atomic E-state index is -0.243. The van der Waals surface area contributed by atoms with Gasteiger partial charge in [0.15, 0.2) is 6.29 Å². The van der Waals surface area contributed by atoms with Crippen LogP contribution in [-0.2, 0) is 9.47 Å². The van der Waals surface area contributed by atoms with Crippen molar-refractivity contribution in [3.8, 4) is 0 Å². The summed E-state index contributed by atoms with van der Waals surface area (Å²) >= 11 is 0. The molecule has 0 aromatic rings. The van der Waals surface area contributed by atoms with Gasteiger partial charge in [0, 0.05) is 14.2 Å². The number of nitrogens with zero attached hydrogens (tertiary/aromatic N) is 1. The first-order chi connectivity index (χ1) is 6.28. The van der Waals surface area contributed by atoms with E-state index < -0.39 is 0 Å². The summed E-state index contributed by atoms with van der Waals surface area (Å²) < 4.78 is 12.5. The lowest BCUT2D eigenvalue weighted by atomic mass is 10.6. The average molecular weight is 203 g/mol. The predicted octanol–water partition coefficient (Wildman–Crippen LogP) is 0.545. The third-order valence-corrected chi connectivity index (χ3v) is 3.91. The standard InChI is InChI=1S/C9H21NO2Si/c1-5-10(6-2)13-8-7-9(11-3)12-4/h7-9H,5-6,13H2,1-4H3. The summed E-state index contributed by atoms with van der Waals surface area (Å²) in [5.41, 5.74) is 2.21. The lowest BCUT2D eigenvalue weighted by molar-refractivity contribution is -0.0665. The quantitative estimate of drug-likeness (QED) is 0.445. The number of ether oxygens (including phenoxy) is 2. The molecule has 0 fully saturated rings. The lowest BCUT2D eigenvalue weighted by Gasteiger charge is -2.15. The van der Waals surface area contributed by atoms with Gasteiger partial charge in [-0.1, -0.05) is 19.5 Å². The van der Waals surface area contributed by atoms with Crippen LogP contribution in [0.3, 0.4) is 0 Å². The van der Waals surface area contributed by atoms with Crippen LogP contribution in [0.15, 0.2) is 11.8 Å². The Kier molecular flexibility index (Phi) is 8.33. The lowest BCUT2D eigenvalue weighted by Crippen LogP contribution is -2.26. The SMILES string of the molecule is CCN(CC)[SiH2]C=CC(OC)OC. The Hall–Kier alpha value is -0.163. The molecule has 0 amide bonds. The van der Waals surface area contributed by atoms with Crippen LogP contribution >= 0.6 is 0 Å². The molecule has 0 saturated heterocycles. The maximum absolute atomic E-state index is 5.04. The fraction of sp³-hybridized carbons (Fsp3) is 0.778. The largest absolute Gasteiger partial charge is 0.352 e. The molecule has 4 heteroatoms. The molecule has 0 rings (SSSR count). The van der Waals surface area contributed by atoms with E-state index in [1.165, 1.54) is 0 Å². The summed E-state index contributed by atoms with van der Waals surface area (Å²) in [6.07, 6.45) is 1.81. The van der Waals surface area contributed by atoms with Gasteiger partial charge in [-0.2, -0.15) is 0 Å². The van der Waals surface area contributed by atoms with E-state index in [1.807, 2.05) is 6.08 Å². The highest BCUT2D eigenvalue weighted by Gasteiger charge is 1.99. The minimum absolute atomic E-state index is 0.178. The summed E-state index contributed by atoms with van der Waals surface area (Å²) in [6, 6.07) is 0. The normalized spacial score (nSPS) is 13.1. The Morgan fingerprint density at radius 3 is 2.15 bits per heavy atom. The van der Waals surface area contributed by atoms with Crippen molar-refractivity contribution in [1.29, 1.82) is 0 Å². The topological polar surface area (TPSA) is 21.7 Å². The van der Waals surface area contributed by atoms with Crippen molar-refractivity contribution in [1.82, 2.24) is 4.57 Å². The number of hydrogen-bond donors (Lipinski definition) is 0. The first-order valence-electron chi connectivity index (χ1n) is 4.73. The predicted molar refractivity (Wildman–Crippen MR) is 58.4 cm³/mol. The van der Waals surface area contributed by atoms with Crippen LogP contribution in [0.25, 0.3) is 0 Å². The van der Waals surface area contributed by atoms with Gasteiger partial charge in [-0.25, -0.2) is 0 Å². The molecule has 0 radical (unpaired) electrons. The van der Waals surface area contributed by atoms with Crippen LogP contribution in [0, 0.1) is 0 Å². The number of rotatable bonds is 7. The van der Waals surface area contributed by atoms with Crippen LogP contribution < -0.4 is 0 Å². The Bertz CT molecular complexity index is 134. The molecule has 0 aromatic carbocycles. The number of hydrogen-bond acceptors (Lipinski definition) is 3. The molecule has 78 valence electrons. The first kappa shape index (κ1) is 12.8. The Labute approximate surface area is 83.6 Å².